The van der Waals surface area contributed by atoms with Gasteiger partial charge in [-0.1, -0.05) is 27.2 Å². The van der Waals surface area contributed by atoms with Gasteiger partial charge >= 0.3 is 0 Å². The van der Waals surface area contributed by atoms with Crippen LogP contribution in [0.5, 0.6) is 0 Å². The highest BCUT2D eigenvalue weighted by atomic mass is 16.2. The molecule has 0 heterocycles. The van der Waals surface area contributed by atoms with Gasteiger partial charge in [-0.25, -0.2) is 0 Å². The molecule has 17 heavy (non-hydrogen) atoms. The zero-order valence-electron chi connectivity index (χ0n) is 11.5. The van der Waals surface area contributed by atoms with E-state index in [9.17, 15) is 4.79 Å². The highest BCUT2D eigenvalue weighted by Gasteiger charge is 2.35. The summed E-state index contributed by atoms with van der Waals surface area (Å²) in [5.41, 5.74) is -0.562. The molecule has 3 nitrogen and oxygen atoms in total. The van der Waals surface area contributed by atoms with Crippen molar-refractivity contribution < 1.29 is 4.79 Å². The molecule has 0 spiro atoms. The molecule has 0 aromatic rings. The fourth-order valence-electron chi connectivity index (χ4n) is 2.46. The number of nitrogens with one attached hydrogen (secondary N) is 1. The summed E-state index contributed by atoms with van der Waals surface area (Å²) >= 11 is 0. The van der Waals surface area contributed by atoms with Crippen molar-refractivity contribution in [2.75, 3.05) is 0 Å². The lowest BCUT2D eigenvalue weighted by Gasteiger charge is -2.36. The predicted molar refractivity (Wildman–Crippen MR) is 68.2 cm³/mol. The first-order valence-electron chi connectivity index (χ1n) is 6.55. The molecule has 0 radical (unpaired) electrons. The monoisotopic (exact) mass is 236 g/mol. The second-order valence-electron chi connectivity index (χ2n) is 6.23. The second-order valence-corrected chi connectivity index (χ2v) is 6.23. The van der Waals surface area contributed by atoms with E-state index in [1.54, 1.807) is 6.92 Å². The largest absolute Gasteiger partial charge is 0.352 e. The van der Waals surface area contributed by atoms with E-state index in [-0.39, 0.29) is 11.9 Å². The molecule has 2 unspecified atom stereocenters. The maximum absolute atomic E-state index is 12.1. The molecule has 0 aromatic heterocycles. The molecule has 0 aliphatic heterocycles. The van der Waals surface area contributed by atoms with Gasteiger partial charge in [-0.05, 0) is 38.0 Å². The van der Waals surface area contributed by atoms with E-state index in [0.717, 1.165) is 19.3 Å². The number of hydrogen-bond donors (Lipinski definition) is 1. The zero-order valence-corrected chi connectivity index (χ0v) is 11.5. The lowest BCUT2D eigenvalue weighted by molar-refractivity contribution is -0.128. The summed E-state index contributed by atoms with van der Waals surface area (Å²) in [7, 11) is 0. The normalized spacial score (nSPS) is 26.6. The number of rotatable bonds is 3. The average Bonchev–Trinajstić information content (AvgIpc) is 2.26. The second kappa shape index (κ2) is 5.08. The van der Waals surface area contributed by atoms with E-state index in [4.69, 9.17) is 5.26 Å². The van der Waals surface area contributed by atoms with Crippen LogP contribution in [-0.4, -0.2) is 11.9 Å². The molecule has 0 saturated heterocycles. The molecule has 1 amide bonds. The Labute approximate surface area is 105 Å². The molecule has 1 aliphatic rings. The molecule has 96 valence electrons. The summed E-state index contributed by atoms with van der Waals surface area (Å²) in [4.78, 5) is 12.1. The van der Waals surface area contributed by atoms with Gasteiger partial charge in [0.2, 0.25) is 5.91 Å². The SMILES string of the molecule is CCC(C)(C#N)C(=O)NC1CCCC(C)(C)C1. The summed E-state index contributed by atoms with van der Waals surface area (Å²) in [6, 6.07) is 2.37. The molecule has 1 N–H and O–H groups in total. The van der Waals surface area contributed by atoms with Crippen LogP contribution in [0.4, 0.5) is 0 Å². The summed E-state index contributed by atoms with van der Waals surface area (Å²) in [5.74, 6) is -0.106. The van der Waals surface area contributed by atoms with Gasteiger partial charge in [0, 0.05) is 6.04 Å². The number of amides is 1. The third-order valence-electron chi connectivity index (χ3n) is 4.00. The highest BCUT2D eigenvalue weighted by molar-refractivity contribution is 5.85. The van der Waals surface area contributed by atoms with Crippen LogP contribution in [0.3, 0.4) is 0 Å². The lowest BCUT2D eigenvalue weighted by Crippen LogP contribution is -2.46. The van der Waals surface area contributed by atoms with Gasteiger partial charge in [-0.2, -0.15) is 5.26 Å². The Morgan fingerprint density at radius 3 is 2.71 bits per heavy atom. The molecular weight excluding hydrogens is 212 g/mol. The fraction of sp³-hybridized carbons (Fsp3) is 0.857. The molecule has 1 saturated carbocycles. The summed E-state index contributed by atoms with van der Waals surface area (Å²) in [6.07, 6.45) is 5.01. The van der Waals surface area contributed by atoms with Gasteiger partial charge in [0.1, 0.15) is 5.41 Å². The van der Waals surface area contributed by atoms with Crippen LogP contribution < -0.4 is 5.32 Å². The third kappa shape index (κ3) is 3.46. The van der Waals surface area contributed by atoms with Gasteiger partial charge in [-0.15, -0.1) is 0 Å². The van der Waals surface area contributed by atoms with Crippen molar-refractivity contribution in [3.05, 3.63) is 0 Å². The zero-order chi connectivity index (χ0) is 13.1. The van der Waals surface area contributed by atoms with Crippen molar-refractivity contribution in [3.8, 4) is 6.07 Å². The van der Waals surface area contributed by atoms with E-state index in [1.165, 1.54) is 6.42 Å². The highest BCUT2D eigenvalue weighted by Crippen LogP contribution is 2.35. The van der Waals surface area contributed by atoms with Crippen molar-refractivity contribution >= 4 is 5.91 Å². The Balaban J connectivity index is 2.61. The first-order chi connectivity index (χ1) is 7.83. The topological polar surface area (TPSA) is 52.9 Å². The van der Waals surface area contributed by atoms with Gasteiger partial charge in [0.15, 0.2) is 0 Å². The van der Waals surface area contributed by atoms with E-state index in [1.807, 2.05) is 6.92 Å². The van der Waals surface area contributed by atoms with Crippen LogP contribution in [0.25, 0.3) is 0 Å². The maximum Gasteiger partial charge on any atom is 0.240 e. The first kappa shape index (κ1) is 14.0. The summed E-state index contributed by atoms with van der Waals surface area (Å²) in [5, 5.41) is 12.1. The first-order valence-corrected chi connectivity index (χ1v) is 6.55. The molecule has 3 heteroatoms. The number of carbonyl (C=O) groups is 1. The maximum atomic E-state index is 12.1. The molecule has 0 aromatic carbocycles. The quantitative estimate of drug-likeness (QED) is 0.819. The van der Waals surface area contributed by atoms with Crippen molar-refractivity contribution in [1.82, 2.24) is 5.32 Å². The van der Waals surface area contributed by atoms with E-state index in [2.05, 4.69) is 25.2 Å². The van der Waals surface area contributed by atoms with Crippen molar-refractivity contribution in [2.45, 2.75) is 65.8 Å². The van der Waals surface area contributed by atoms with E-state index < -0.39 is 5.41 Å². The smallest absolute Gasteiger partial charge is 0.240 e. The van der Waals surface area contributed by atoms with Gasteiger partial charge in [0.25, 0.3) is 0 Å². The van der Waals surface area contributed by atoms with Crippen LogP contribution in [0.2, 0.25) is 0 Å². The molecular formula is C14H24N2O. The average molecular weight is 236 g/mol. The van der Waals surface area contributed by atoms with Crippen LogP contribution in [0, 0.1) is 22.2 Å². The minimum absolute atomic E-state index is 0.106. The Kier molecular flexibility index (Phi) is 4.19. The molecule has 2 atom stereocenters. The number of carbonyl (C=O) groups excluding carboxylic acids is 1. The minimum Gasteiger partial charge on any atom is -0.352 e. The number of hydrogen-bond acceptors (Lipinski definition) is 2. The Morgan fingerprint density at radius 2 is 2.24 bits per heavy atom. The Morgan fingerprint density at radius 1 is 1.59 bits per heavy atom. The van der Waals surface area contributed by atoms with Crippen molar-refractivity contribution in [1.29, 1.82) is 5.26 Å². The van der Waals surface area contributed by atoms with Gasteiger partial charge in [-0.3, -0.25) is 4.79 Å². The van der Waals surface area contributed by atoms with Crippen LogP contribution in [0.15, 0.2) is 0 Å². The van der Waals surface area contributed by atoms with Crippen LogP contribution in [-0.2, 0) is 4.79 Å². The lowest BCUT2D eigenvalue weighted by atomic mass is 9.75. The Bertz CT molecular complexity index is 330. The fourth-order valence-corrected chi connectivity index (χ4v) is 2.46. The van der Waals surface area contributed by atoms with Crippen LogP contribution >= 0.6 is 0 Å². The van der Waals surface area contributed by atoms with Crippen molar-refractivity contribution in [2.24, 2.45) is 10.8 Å². The minimum atomic E-state index is -0.873. The third-order valence-corrected chi connectivity index (χ3v) is 4.00. The predicted octanol–water partition coefficient (Wildman–Crippen LogP) is 3.01. The Hall–Kier alpha value is -1.04. The van der Waals surface area contributed by atoms with Gasteiger partial charge < -0.3 is 5.32 Å². The van der Waals surface area contributed by atoms with E-state index >= 15 is 0 Å². The van der Waals surface area contributed by atoms with Gasteiger partial charge in [0.05, 0.1) is 6.07 Å². The summed E-state index contributed by atoms with van der Waals surface area (Å²) < 4.78 is 0. The summed E-state index contributed by atoms with van der Waals surface area (Å²) in [6.45, 7) is 8.09. The molecule has 0 bridgehead atoms. The number of nitrogens with zero attached hydrogens (tertiary/aromatic N) is 1. The molecule has 1 aliphatic carbocycles. The molecule has 1 fully saturated rings. The van der Waals surface area contributed by atoms with Crippen LogP contribution in [0.1, 0.15) is 59.8 Å². The standard InChI is InChI=1S/C14H24N2O/c1-5-14(4,10-15)12(17)16-11-7-6-8-13(2,3)9-11/h11H,5-9H2,1-4H3,(H,16,17). The van der Waals surface area contributed by atoms with Crippen molar-refractivity contribution in [3.63, 3.8) is 0 Å². The molecule has 1 rings (SSSR count). The van der Waals surface area contributed by atoms with E-state index in [0.29, 0.717) is 11.8 Å². The number of nitriles is 1.